The summed E-state index contributed by atoms with van der Waals surface area (Å²) >= 11 is 1.36. The molecule has 1 aromatic heterocycles. The third-order valence-electron chi connectivity index (χ3n) is 4.27. The van der Waals surface area contributed by atoms with Gasteiger partial charge in [0.15, 0.2) is 16.7 Å². The first-order chi connectivity index (χ1) is 13.6. The third kappa shape index (κ3) is 3.82. The Hall–Kier alpha value is -3.00. The van der Waals surface area contributed by atoms with Gasteiger partial charge in [-0.15, -0.1) is 10.2 Å². The van der Waals surface area contributed by atoms with Crippen LogP contribution >= 0.6 is 11.8 Å². The number of ether oxygens (including phenoxy) is 2. The van der Waals surface area contributed by atoms with Crippen molar-refractivity contribution in [2.45, 2.75) is 24.3 Å². The molecule has 2 heterocycles. The highest BCUT2D eigenvalue weighted by molar-refractivity contribution is 8.00. The molecule has 1 N–H and O–H groups in total. The van der Waals surface area contributed by atoms with Crippen molar-refractivity contribution in [1.82, 2.24) is 14.8 Å². The maximum Gasteiger partial charge on any atom is 0.237 e. The molecule has 1 amide bonds. The highest BCUT2D eigenvalue weighted by atomic mass is 32.2. The molecular weight excluding hydrogens is 376 g/mol. The van der Waals surface area contributed by atoms with Gasteiger partial charge >= 0.3 is 0 Å². The van der Waals surface area contributed by atoms with Crippen LogP contribution in [-0.2, 0) is 4.79 Å². The zero-order valence-corrected chi connectivity index (χ0v) is 16.4. The standard InChI is InChI=1S/C20H20N4O3S/c1-13(19(25)21-15-8-9-17-18(12-15)27-11-10-26-17)28-20-23-22-14(2)24(20)16-6-4-3-5-7-16/h3-9,12-13H,10-11H2,1-2H3,(H,21,25)/t13-/m0/s1. The number of aromatic nitrogens is 3. The Morgan fingerprint density at radius 3 is 2.64 bits per heavy atom. The molecule has 4 rings (SSSR count). The summed E-state index contributed by atoms with van der Waals surface area (Å²) in [6, 6.07) is 15.2. The number of para-hydroxylation sites is 1. The van der Waals surface area contributed by atoms with E-state index in [2.05, 4.69) is 15.5 Å². The molecule has 0 aliphatic carbocycles. The zero-order chi connectivity index (χ0) is 19.5. The van der Waals surface area contributed by atoms with Gasteiger partial charge < -0.3 is 14.8 Å². The van der Waals surface area contributed by atoms with Crippen LogP contribution in [0.15, 0.2) is 53.7 Å². The van der Waals surface area contributed by atoms with Crippen molar-refractivity contribution in [1.29, 1.82) is 0 Å². The number of fused-ring (bicyclic) bond motifs is 1. The summed E-state index contributed by atoms with van der Waals surface area (Å²) in [6.07, 6.45) is 0. The highest BCUT2D eigenvalue weighted by Gasteiger charge is 2.21. The van der Waals surface area contributed by atoms with Crippen LogP contribution in [-0.4, -0.2) is 39.1 Å². The quantitative estimate of drug-likeness (QED) is 0.666. The number of carbonyl (C=O) groups excluding carboxylic acids is 1. The Bertz CT molecular complexity index is 990. The van der Waals surface area contributed by atoms with Gasteiger partial charge in [-0.05, 0) is 38.1 Å². The van der Waals surface area contributed by atoms with Crippen LogP contribution in [0, 0.1) is 6.92 Å². The van der Waals surface area contributed by atoms with Gasteiger partial charge in [0.25, 0.3) is 0 Å². The van der Waals surface area contributed by atoms with Crippen LogP contribution in [0.1, 0.15) is 12.7 Å². The van der Waals surface area contributed by atoms with E-state index in [9.17, 15) is 4.79 Å². The smallest absolute Gasteiger partial charge is 0.237 e. The van der Waals surface area contributed by atoms with E-state index in [1.807, 2.05) is 48.7 Å². The molecule has 0 saturated carbocycles. The Kier molecular flexibility index (Phi) is 5.21. The van der Waals surface area contributed by atoms with Gasteiger partial charge in [0.05, 0.1) is 5.25 Å². The van der Waals surface area contributed by atoms with Crippen LogP contribution in [0.3, 0.4) is 0 Å². The molecule has 0 radical (unpaired) electrons. The van der Waals surface area contributed by atoms with Gasteiger partial charge in [-0.25, -0.2) is 0 Å². The van der Waals surface area contributed by atoms with Crippen molar-refractivity contribution in [3.05, 3.63) is 54.4 Å². The van der Waals surface area contributed by atoms with Crippen molar-refractivity contribution < 1.29 is 14.3 Å². The summed E-state index contributed by atoms with van der Waals surface area (Å²) in [4.78, 5) is 12.7. The minimum atomic E-state index is -0.362. The average molecular weight is 396 g/mol. The molecule has 0 saturated heterocycles. The third-order valence-corrected chi connectivity index (χ3v) is 5.31. The average Bonchev–Trinajstić information content (AvgIpc) is 3.08. The van der Waals surface area contributed by atoms with Gasteiger partial charge in [0, 0.05) is 17.4 Å². The normalized spacial score (nSPS) is 13.8. The number of hydrogen-bond acceptors (Lipinski definition) is 6. The SMILES string of the molecule is Cc1nnc(S[C@@H](C)C(=O)Nc2ccc3c(c2)OCCO3)n1-c1ccccc1. The lowest BCUT2D eigenvalue weighted by Crippen LogP contribution is -2.23. The first kappa shape index (κ1) is 18.4. The van der Waals surface area contributed by atoms with Crippen molar-refractivity contribution in [3.8, 4) is 17.2 Å². The molecule has 1 atom stereocenters. The van der Waals surface area contributed by atoms with Gasteiger partial charge in [-0.2, -0.15) is 0 Å². The van der Waals surface area contributed by atoms with E-state index in [0.717, 1.165) is 11.5 Å². The zero-order valence-electron chi connectivity index (χ0n) is 15.6. The van der Waals surface area contributed by atoms with E-state index in [1.165, 1.54) is 11.8 Å². The van der Waals surface area contributed by atoms with E-state index in [4.69, 9.17) is 9.47 Å². The Morgan fingerprint density at radius 1 is 1.11 bits per heavy atom. The predicted molar refractivity (Wildman–Crippen MR) is 107 cm³/mol. The lowest BCUT2D eigenvalue weighted by Gasteiger charge is -2.19. The first-order valence-corrected chi connectivity index (χ1v) is 9.84. The number of carbonyl (C=O) groups is 1. The number of rotatable bonds is 5. The summed E-state index contributed by atoms with van der Waals surface area (Å²) in [6.45, 7) is 4.78. The molecule has 7 nitrogen and oxygen atoms in total. The number of anilines is 1. The summed E-state index contributed by atoms with van der Waals surface area (Å²) < 4.78 is 13.0. The monoisotopic (exact) mass is 396 g/mol. The summed E-state index contributed by atoms with van der Waals surface area (Å²) in [5.41, 5.74) is 1.63. The number of nitrogens with zero attached hydrogens (tertiary/aromatic N) is 3. The van der Waals surface area contributed by atoms with Crippen LogP contribution in [0.2, 0.25) is 0 Å². The molecule has 2 aromatic carbocycles. The fourth-order valence-corrected chi connectivity index (χ4v) is 3.78. The molecule has 0 fully saturated rings. The number of thioether (sulfide) groups is 1. The number of aryl methyl sites for hydroxylation is 1. The van der Waals surface area contributed by atoms with Crippen LogP contribution in [0.25, 0.3) is 5.69 Å². The Balaban J connectivity index is 1.47. The topological polar surface area (TPSA) is 78.3 Å². The molecular formula is C20H20N4O3S. The van der Waals surface area contributed by atoms with Crippen molar-refractivity contribution in [3.63, 3.8) is 0 Å². The minimum absolute atomic E-state index is 0.123. The molecule has 8 heteroatoms. The predicted octanol–water partition coefficient (Wildman–Crippen LogP) is 3.47. The fraction of sp³-hybridized carbons (Fsp3) is 0.250. The second kappa shape index (κ2) is 7.93. The molecule has 0 unspecified atom stereocenters. The molecule has 0 spiro atoms. The fourth-order valence-electron chi connectivity index (χ4n) is 2.87. The molecule has 0 bridgehead atoms. The van der Waals surface area contributed by atoms with E-state index >= 15 is 0 Å². The number of benzene rings is 2. The lowest BCUT2D eigenvalue weighted by molar-refractivity contribution is -0.115. The Morgan fingerprint density at radius 2 is 1.86 bits per heavy atom. The van der Waals surface area contributed by atoms with Gasteiger partial charge in [0.2, 0.25) is 5.91 Å². The second-order valence-electron chi connectivity index (χ2n) is 6.31. The number of hydrogen-bond donors (Lipinski definition) is 1. The Labute approximate surface area is 167 Å². The molecule has 28 heavy (non-hydrogen) atoms. The second-order valence-corrected chi connectivity index (χ2v) is 7.62. The van der Waals surface area contributed by atoms with Crippen LogP contribution < -0.4 is 14.8 Å². The van der Waals surface area contributed by atoms with Crippen LogP contribution in [0.4, 0.5) is 5.69 Å². The van der Waals surface area contributed by atoms with Crippen molar-refractivity contribution in [2.24, 2.45) is 0 Å². The summed E-state index contributed by atoms with van der Waals surface area (Å²) in [5.74, 6) is 1.98. The minimum Gasteiger partial charge on any atom is -0.486 e. The maximum absolute atomic E-state index is 12.7. The number of amides is 1. The van der Waals surface area contributed by atoms with Gasteiger partial charge in [-0.1, -0.05) is 30.0 Å². The molecule has 3 aromatic rings. The van der Waals surface area contributed by atoms with E-state index < -0.39 is 0 Å². The van der Waals surface area contributed by atoms with Crippen molar-refractivity contribution in [2.75, 3.05) is 18.5 Å². The lowest BCUT2D eigenvalue weighted by atomic mass is 10.2. The summed E-state index contributed by atoms with van der Waals surface area (Å²) in [7, 11) is 0. The maximum atomic E-state index is 12.7. The van der Waals surface area contributed by atoms with E-state index in [1.54, 1.807) is 18.2 Å². The van der Waals surface area contributed by atoms with Gasteiger partial charge in [-0.3, -0.25) is 9.36 Å². The summed E-state index contributed by atoms with van der Waals surface area (Å²) in [5, 5.41) is 11.6. The van der Waals surface area contributed by atoms with Crippen molar-refractivity contribution >= 4 is 23.4 Å². The van der Waals surface area contributed by atoms with E-state index in [-0.39, 0.29) is 11.2 Å². The van der Waals surface area contributed by atoms with Crippen LogP contribution in [0.5, 0.6) is 11.5 Å². The first-order valence-electron chi connectivity index (χ1n) is 8.96. The molecule has 1 aliphatic heterocycles. The molecule has 144 valence electrons. The van der Waals surface area contributed by atoms with E-state index in [0.29, 0.717) is 35.6 Å². The van der Waals surface area contributed by atoms with Gasteiger partial charge in [0.1, 0.15) is 19.0 Å². The molecule has 1 aliphatic rings. The largest absolute Gasteiger partial charge is 0.486 e. The highest BCUT2D eigenvalue weighted by Crippen LogP contribution is 2.33. The number of nitrogens with one attached hydrogen (secondary N) is 1.